The number of aryl methyl sites for hydroxylation is 1. The summed E-state index contributed by atoms with van der Waals surface area (Å²) in [4.78, 5) is 28.8. The molecule has 27 heavy (non-hydrogen) atoms. The van der Waals surface area contributed by atoms with Crippen LogP contribution in [0.5, 0.6) is 0 Å². The average molecular weight is 452 g/mol. The van der Waals surface area contributed by atoms with Gasteiger partial charge in [0.1, 0.15) is 0 Å². The van der Waals surface area contributed by atoms with Gasteiger partial charge in [0, 0.05) is 13.6 Å². The Labute approximate surface area is 173 Å². The first-order valence-corrected chi connectivity index (χ1v) is 10.5. The summed E-state index contributed by atoms with van der Waals surface area (Å²) >= 11 is 4.71. The average Bonchev–Trinajstić information content (AvgIpc) is 3.07. The molecule has 0 saturated carbocycles. The van der Waals surface area contributed by atoms with Crippen molar-refractivity contribution < 1.29 is 9.59 Å². The zero-order chi connectivity index (χ0) is 20.0. The van der Waals surface area contributed by atoms with Crippen molar-refractivity contribution >= 4 is 39.1 Å². The number of carbonyl (C=O) groups is 2. The molecule has 1 atom stereocenters. The highest BCUT2D eigenvalue weighted by atomic mass is 79.9. The van der Waals surface area contributed by atoms with Crippen molar-refractivity contribution in [1.29, 1.82) is 0 Å². The lowest BCUT2D eigenvalue weighted by Gasteiger charge is -2.26. The van der Waals surface area contributed by atoms with Gasteiger partial charge in [0.15, 0.2) is 0 Å². The van der Waals surface area contributed by atoms with Crippen molar-refractivity contribution in [2.45, 2.75) is 19.4 Å². The van der Waals surface area contributed by atoms with Crippen LogP contribution in [-0.4, -0.2) is 55.8 Å². The highest BCUT2D eigenvalue weighted by Gasteiger charge is 2.19. The van der Waals surface area contributed by atoms with Crippen molar-refractivity contribution in [2.24, 2.45) is 0 Å². The first-order chi connectivity index (χ1) is 12.8. The molecule has 0 aliphatic carbocycles. The van der Waals surface area contributed by atoms with Gasteiger partial charge in [0.25, 0.3) is 5.91 Å². The molecule has 146 valence electrons. The second-order valence-corrected chi connectivity index (χ2v) is 9.11. The number of likely N-dealkylation sites (N-methyl/N-ethyl adjacent to an activating group) is 2. The molecule has 0 aliphatic heterocycles. The van der Waals surface area contributed by atoms with Crippen LogP contribution in [0.3, 0.4) is 0 Å². The number of carbonyl (C=O) groups excluding carboxylic acids is 2. The van der Waals surface area contributed by atoms with Crippen LogP contribution in [0.4, 0.5) is 0 Å². The molecule has 5 nitrogen and oxygen atoms in total. The van der Waals surface area contributed by atoms with Crippen LogP contribution in [0, 0.1) is 0 Å². The highest BCUT2D eigenvalue weighted by Crippen LogP contribution is 2.23. The Bertz CT molecular complexity index is 774. The van der Waals surface area contributed by atoms with E-state index in [9.17, 15) is 9.59 Å². The van der Waals surface area contributed by atoms with E-state index in [1.807, 2.05) is 20.2 Å². The van der Waals surface area contributed by atoms with Gasteiger partial charge >= 0.3 is 0 Å². The monoisotopic (exact) mass is 451 g/mol. The Morgan fingerprint density at radius 3 is 2.30 bits per heavy atom. The van der Waals surface area contributed by atoms with Gasteiger partial charge in [0.05, 0.1) is 21.3 Å². The summed E-state index contributed by atoms with van der Waals surface area (Å²) in [7, 11) is 5.63. The van der Waals surface area contributed by atoms with Crippen molar-refractivity contribution in [3.63, 3.8) is 0 Å². The number of amides is 2. The largest absolute Gasteiger partial charge is 0.353 e. The quantitative estimate of drug-likeness (QED) is 0.667. The van der Waals surface area contributed by atoms with E-state index in [0.717, 1.165) is 15.8 Å². The van der Waals surface area contributed by atoms with E-state index in [0.29, 0.717) is 11.4 Å². The SMILES string of the molecule is CCc1ccc(C(CNC(=O)CN(C)C(=O)c2ccc(Br)s2)N(C)C)cc1. The molecule has 7 heteroatoms. The molecule has 1 heterocycles. The summed E-state index contributed by atoms with van der Waals surface area (Å²) in [6, 6.07) is 12.1. The summed E-state index contributed by atoms with van der Waals surface area (Å²) in [6.45, 7) is 2.65. The van der Waals surface area contributed by atoms with Crippen LogP contribution in [0.15, 0.2) is 40.2 Å². The van der Waals surface area contributed by atoms with E-state index in [1.54, 1.807) is 13.1 Å². The lowest BCUT2D eigenvalue weighted by atomic mass is 10.0. The first-order valence-electron chi connectivity index (χ1n) is 8.84. The van der Waals surface area contributed by atoms with Crippen molar-refractivity contribution in [3.05, 3.63) is 56.2 Å². The second kappa shape index (κ2) is 10.0. The molecule has 1 aromatic heterocycles. The molecular formula is C20H26BrN3O2S. The lowest BCUT2D eigenvalue weighted by molar-refractivity contribution is -0.121. The maximum absolute atomic E-state index is 12.3. The summed E-state index contributed by atoms with van der Waals surface area (Å²) < 4.78 is 0.895. The molecule has 1 unspecified atom stereocenters. The van der Waals surface area contributed by atoms with Gasteiger partial charge in [-0.25, -0.2) is 0 Å². The van der Waals surface area contributed by atoms with Crippen LogP contribution < -0.4 is 5.32 Å². The van der Waals surface area contributed by atoms with Gasteiger partial charge in [-0.05, 0) is 59.7 Å². The van der Waals surface area contributed by atoms with Gasteiger partial charge < -0.3 is 15.1 Å². The van der Waals surface area contributed by atoms with Gasteiger partial charge in [0.2, 0.25) is 5.91 Å². The fourth-order valence-electron chi connectivity index (χ4n) is 2.75. The molecule has 0 radical (unpaired) electrons. The smallest absolute Gasteiger partial charge is 0.264 e. The Morgan fingerprint density at radius 2 is 1.78 bits per heavy atom. The van der Waals surface area contributed by atoms with Crippen molar-refractivity contribution in [2.75, 3.05) is 34.2 Å². The van der Waals surface area contributed by atoms with Gasteiger partial charge in [-0.3, -0.25) is 9.59 Å². The molecule has 0 bridgehead atoms. The van der Waals surface area contributed by atoms with Crippen molar-refractivity contribution in [3.8, 4) is 0 Å². The van der Waals surface area contributed by atoms with E-state index in [-0.39, 0.29) is 24.4 Å². The third kappa shape index (κ3) is 6.16. The number of nitrogens with zero attached hydrogens (tertiary/aromatic N) is 2. The van der Waals surface area contributed by atoms with Crippen LogP contribution in [-0.2, 0) is 11.2 Å². The fraction of sp³-hybridized carbons (Fsp3) is 0.400. The third-order valence-corrected chi connectivity index (χ3v) is 6.01. The summed E-state index contributed by atoms with van der Waals surface area (Å²) in [5, 5.41) is 2.95. The van der Waals surface area contributed by atoms with E-state index in [2.05, 4.69) is 57.3 Å². The summed E-state index contributed by atoms with van der Waals surface area (Å²) in [5.41, 5.74) is 2.45. The molecule has 0 aliphatic rings. The Balaban J connectivity index is 1.92. The van der Waals surface area contributed by atoms with Gasteiger partial charge in [-0.2, -0.15) is 0 Å². The predicted octanol–water partition coefficient (Wildman–Crippen LogP) is 3.56. The second-order valence-electron chi connectivity index (χ2n) is 6.64. The van der Waals surface area contributed by atoms with Gasteiger partial charge in [-0.1, -0.05) is 31.2 Å². The Hall–Kier alpha value is -1.70. The highest BCUT2D eigenvalue weighted by molar-refractivity contribution is 9.11. The normalized spacial score (nSPS) is 12.1. The van der Waals surface area contributed by atoms with E-state index < -0.39 is 0 Å². The number of nitrogens with one attached hydrogen (secondary N) is 1. The van der Waals surface area contributed by atoms with E-state index >= 15 is 0 Å². The number of rotatable bonds is 8. The lowest BCUT2D eigenvalue weighted by Crippen LogP contribution is -2.41. The molecule has 1 N–H and O–H groups in total. The van der Waals surface area contributed by atoms with Crippen LogP contribution in [0.1, 0.15) is 33.8 Å². The van der Waals surface area contributed by atoms with Gasteiger partial charge in [-0.15, -0.1) is 11.3 Å². The van der Waals surface area contributed by atoms with Crippen LogP contribution in [0.2, 0.25) is 0 Å². The minimum atomic E-state index is -0.168. The molecule has 2 rings (SSSR count). The zero-order valence-corrected chi connectivity index (χ0v) is 18.6. The number of halogens is 1. The molecule has 0 saturated heterocycles. The topological polar surface area (TPSA) is 52.7 Å². The molecule has 1 aromatic carbocycles. The Kier molecular flexibility index (Phi) is 8.01. The van der Waals surface area contributed by atoms with E-state index in [4.69, 9.17) is 0 Å². The number of thiophene rings is 1. The molecule has 0 fully saturated rings. The summed E-state index contributed by atoms with van der Waals surface area (Å²) in [6.07, 6.45) is 1.00. The predicted molar refractivity (Wildman–Crippen MR) is 114 cm³/mol. The van der Waals surface area contributed by atoms with E-state index in [1.165, 1.54) is 21.8 Å². The summed E-state index contributed by atoms with van der Waals surface area (Å²) in [5.74, 6) is -0.321. The zero-order valence-electron chi connectivity index (χ0n) is 16.2. The van der Waals surface area contributed by atoms with Crippen LogP contribution >= 0.6 is 27.3 Å². The fourth-order valence-corrected chi connectivity index (χ4v) is 4.13. The third-order valence-electron chi connectivity index (χ3n) is 4.40. The van der Waals surface area contributed by atoms with Crippen molar-refractivity contribution in [1.82, 2.24) is 15.1 Å². The number of benzene rings is 1. The first kappa shape index (κ1) is 21.6. The standard InChI is InChI=1S/C20H26BrN3O2S/c1-5-14-6-8-15(9-7-14)16(23(2)3)12-22-19(25)13-24(4)20(26)17-10-11-18(21)27-17/h6-11,16H,5,12-13H2,1-4H3,(H,22,25). The number of hydrogen-bond donors (Lipinski definition) is 1. The number of hydrogen-bond acceptors (Lipinski definition) is 4. The molecule has 2 aromatic rings. The molecular weight excluding hydrogens is 426 g/mol. The van der Waals surface area contributed by atoms with Crippen LogP contribution in [0.25, 0.3) is 0 Å². The maximum atomic E-state index is 12.3. The Morgan fingerprint density at radius 1 is 1.11 bits per heavy atom. The molecule has 2 amide bonds. The maximum Gasteiger partial charge on any atom is 0.264 e. The minimum Gasteiger partial charge on any atom is -0.353 e. The molecule has 0 spiro atoms. The minimum absolute atomic E-state index is 0.0310.